The standard InChI is InChI=1S/C26H35ClO3S/c1-3-4-5-9-24(28)19-12-10-18(11-13-19)21-15-16-23(27)22(21)8-6-7-20-14-17-25(31-20)26(29)30-2/h10-14,17,21-24,28H,3-9,15-16H2,1-2H3. The van der Waals surface area contributed by atoms with Crippen LogP contribution in [0.5, 0.6) is 0 Å². The van der Waals surface area contributed by atoms with Crippen LogP contribution in [0.25, 0.3) is 0 Å². The number of esters is 1. The number of carbonyl (C=O) groups excluding carboxylic acids is 1. The Morgan fingerprint density at radius 2 is 1.94 bits per heavy atom. The van der Waals surface area contributed by atoms with Gasteiger partial charge in [-0.2, -0.15) is 0 Å². The zero-order valence-corrected chi connectivity index (χ0v) is 20.3. The number of aliphatic hydroxyl groups excluding tert-OH is 1. The summed E-state index contributed by atoms with van der Waals surface area (Å²) in [4.78, 5) is 13.5. The second kappa shape index (κ2) is 12.0. The summed E-state index contributed by atoms with van der Waals surface area (Å²) in [5.74, 6) is 0.705. The first-order valence-electron chi connectivity index (χ1n) is 11.6. The summed E-state index contributed by atoms with van der Waals surface area (Å²) in [5.41, 5.74) is 2.37. The Hall–Kier alpha value is -1.36. The number of unbranched alkanes of at least 4 members (excludes halogenated alkanes) is 2. The van der Waals surface area contributed by atoms with Crippen molar-refractivity contribution in [2.45, 2.75) is 82.1 Å². The first-order chi connectivity index (χ1) is 15.0. The topological polar surface area (TPSA) is 46.5 Å². The van der Waals surface area contributed by atoms with E-state index in [0.717, 1.165) is 50.5 Å². The lowest BCUT2D eigenvalue weighted by atomic mass is 9.85. The number of hydrogen-bond donors (Lipinski definition) is 1. The number of ether oxygens (including phenoxy) is 1. The van der Waals surface area contributed by atoms with Gasteiger partial charge < -0.3 is 9.84 Å². The first kappa shape index (κ1) is 24.3. The Kier molecular flexibility index (Phi) is 9.43. The second-order valence-electron chi connectivity index (χ2n) is 8.69. The van der Waals surface area contributed by atoms with Gasteiger partial charge in [0.1, 0.15) is 4.88 Å². The molecule has 1 aromatic heterocycles. The molecule has 1 aromatic carbocycles. The van der Waals surface area contributed by atoms with Crippen LogP contribution in [0.2, 0.25) is 0 Å². The molecule has 0 amide bonds. The van der Waals surface area contributed by atoms with Crippen molar-refractivity contribution in [1.82, 2.24) is 0 Å². The van der Waals surface area contributed by atoms with E-state index in [-0.39, 0.29) is 17.5 Å². The van der Waals surface area contributed by atoms with Crippen LogP contribution in [0, 0.1) is 5.92 Å². The normalized spacial score (nSPS) is 21.9. The summed E-state index contributed by atoms with van der Waals surface area (Å²) >= 11 is 8.25. The van der Waals surface area contributed by atoms with Crippen molar-refractivity contribution in [3.63, 3.8) is 0 Å². The van der Waals surface area contributed by atoms with E-state index in [0.29, 0.717) is 16.7 Å². The monoisotopic (exact) mass is 462 g/mol. The quantitative estimate of drug-likeness (QED) is 0.217. The van der Waals surface area contributed by atoms with Gasteiger partial charge in [-0.1, -0.05) is 50.5 Å². The molecule has 0 aliphatic heterocycles. The molecule has 3 rings (SSSR count). The number of halogens is 1. The number of rotatable bonds is 11. The molecule has 5 heteroatoms. The highest BCUT2D eigenvalue weighted by Crippen LogP contribution is 2.45. The molecule has 0 saturated heterocycles. The minimum Gasteiger partial charge on any atom is -0.465 e. The van der Waals surface area contributed by atoms with Crippen molar-refractivity contribution in [3.05, 3.63) is 57.3 Å². The van der Waals surface area contributed by atoms with Crippen molar-refractivity contribution >= 4 is 28.9 Å². The van der Waals surface area contributed by atoms with Gasteiger partial charge in [-0.3, -0.25) is 0 Å². The lowest BCUT2D eigenvalue weighted by molar-refractivity contribution is 0.0606. The Morgan fingerprint density at radius 3 is 2.65 bits per heavy atom. The number of benzene rings is 1. The van der Waals surface area contributed by atoms with E-state index in [2.05, 4.69) is 31.2 Å². The smallest absolute Gasteiger partial charge is 0.348 e. The van der Waals surface area contributed by atoms with Crippen molar-refractivity contribution in [3.8, 4) is 0 Å². The fourth-order valence-corrected chi connectivity index (χ4v) is 6.16. The summed E-state index contributed by atoms with van der Waals surface area (Å²) in [6, 6.07) is 12.5. The van der Waals surface area contributed by atoms with E-state index in [1.54, 1.807) is 0 Å². The van der Waals surface area contributed by atoms with Crippen LogP contribution in [0.4, 0.5) is 0 Å². The predicted octanol–water partition coefficient (Wildman–Crippen LogP) is 7.27. The Labute approximate surface area is 195 Å². The Morgan fingerprint density at radius 1 is 1.16 bits per heavy atom. The molecular formula is C26H35ClO3S. The first-order valence-corrected chi connectivity index (χ1v) is 12.9. The molecular weight excluding hydrogens is 428 g/mol. The number of aryl methyl sites for hydroxylation is 1. The number of alkyl halides is 1. The number of thiophene rings is 1. The van der Waals surface area contributed by atoms with E-state index in [1.165, 1.54) is 41.7 Å². The molecule has 4 unspecified atom stereocenters. The van der Waals surface area contributed by atoms with Gasteiger partial charge in [-0.25, -0.2) is 4.79 Å². The number of methoxy groups -OCH3 is 1. The minimum absolute atomic E-state index is 0.221. The van der Waals surface area contributed by atoms with Gasteiger partial charge in [0, 0.05) is 10.3 Å². The van der Waals surface area contributed by atoms with Gasteiger partial charge in [0.05, 0.1) is 13.2 Å². The number of carbonyl (C=O) groups is 1. The van der Waals surface area contributed by atoms with Gasteiger partial charge in [-0.15, -0.1) is 22.9 Å². The third-order valence-corrected chi connectivity index (χ3v) is 8.24. The Balaban J connectivity index is 1.55. The molecule has 1 fully saturated rings. The average molecular weight is 463 g/mol. The lowest BCUT2D eigenvalue weighted by Gasteiger charge is -2.23. The van der Waals surface area contributed by atoms with Crippen molar-refractivity contribution < 1.29 is 14.6 Å². The van der Waals surface area contributed by atoms with Gasteiger partial charge in [-0.05, 0) is 73.6 Å². The molecule has 31 heavy (non-hydrogen) atoms. The maximum atomic E-state index is 11.6. The summed E-state index contributed by atoms with van der Waals surface area (Å²) < 4.78 is 4.80. The van der Waals surface area contributed by atoms with E-state index in [1.807, 2.05) is 12.1 Å². The van der Waals surface area contributed by atoms with Crippen LogP contribution in [0.1, 0.15) is 96.0 Å². The fraction of sp³-hybridized carbons (Fsp3) is 0.577. The van der Waals surface area contributed by atoms with Crippen LogP contribution in [-0.4, -0.2) is 23.6 Å². The third kappa shape index (κ3) is 6.57. The summed E-state index contributed by atoms with van der Waals surface area (Å²) in [5, 5.41) is 10.6. The van der Waals surface area contributed by atoms with E-state index < -0.39 is 0 Å². The third-order valence-electron chi connectivity index (χ3n) is 6.57. The highest BCUT2D eigenvalue weighted by atomic mass is 35.5. The van der Waals surface area contributed by atoms with Gasteiger partial charge in [0.25, 0.3) is 0 Å². The molecule has 1 heterocycles. The van der Waals surface area contributed by atoms with Crippen LogP contribution >= 0.6 is 22.9 Å². The van der Waals surface area contributed by atoms with Crippen molar-refractivity contribution in [2.24, 2.45) is 5.92 Å². The number of hydrogen-bond acceptors (Lipinski definition) is 4. The Bertz CT molecular complexity index is 816. The SMILES string of the molecule is CCCCCC(O)c1ccc(C2CCC(Cl)C2CCCc2ccc(C(=O)OC)s2)cc1. The second-order valence-corrected chi connectivity index (χ2v) is 10.4. The largest absolute Gasteiger partial charge is 0.465 e. The summed E-state index contributed by atoms with van der Waals surface area (Å²) in [6.45, 7) is 2.18. The fourth-order valence-electron chi connectivity index (χ4n) is 4.77. The van der Waals surface area contributed by atoms with Crippen molar-refractivity contribution in [2.75, 3.05) is 7.11 Å². The minimum atomic E-state index is -0.360. The van der Waals surface area contributed by atoms with Crippen LogP contribution in [0.3, 0.4) is 0 Å². The molecule has 3 nitrogen and oxygen atoms in total. The molecule has 1 N–H and O–H groups in total. The maximum absolute atomic E-state index is 11.6. The molecule has 0 radical (unpaired) electrons. The molecule has 1 saturated carbocycles. The number of aliphatic hydroxyl groups is 1. The van der Waals surface area contributed by atoms with E-state index in [9.17, 15) is 9.90 Å². The summed E-state index contributed by atoms with van der Waals surface area (Å²) in [7, 11) is 1.42. The molecule has 1 aliphatic carbocycles. The van der Waals surface area contributed by atoms with Gasteiger partial charge >= 0.3 is 5.97 Å². The zero-order valence-electron chi connectivity index (χ0n) is 18.7. The van der Waals surface area contributed by atoms with Crippen molar-refractivity contribution in [1.29, 1.82) is 0 Å². The predicted molar refractivity (Wildman–Crippen MR) is 129 cm³/mol. The van der Waals surface area contributed by atoms with Crippen LogP contribution in [0.15, 0.2) is 36.4 Å². The molecule has 2 aromatic rings. The zero-order chi connectivity index (χ0) is 22.2. The summed E-state index contributed by atoms with van der Waals surface area (Å²) in [6.07, 6.45) is 9.21. The molecule has 0 bridgehead atoms. The van der Waals surface area contributed by atoms with Gasteiger partial charge in [0.15, 0.2) is 0 Å². The molecule has 170 valence electrons. The average Bonchev–Trinajstić information content (AvgIpc) is 3.40. The maximum Gasteiger partial charge on any atom is 0.348 e. The van der Waals surface area contributed by atoms with E-state index in [4.69, 9.17) is 16.3 Å². The molecule has 4 atom stereocenters. The van der Waals surface area contributed by atoms with Gasteiger partial charge in [0.2, 0.25) is 0 Å². The highest BCUT2D eigenvalue weighted by Gasteiger charge is 2.35. The lowest BCUT2D eigenvalue weighted by Crippen LogP contribution is -2.14. The molecule has 1 aliphatic rings. The molecule has 0 spiro atoms. The van der Waals surface area contributed by atoms with Crippen LogP contribution in [-0.2, 0) is 11.2 Å². The van der Waals surface area contributed by atoms with Crippen LogP contribution < -0.4 is 0 Å². The van der Waals surface area contributed by atoms with E-state index >= 15 is 0 Å². The highest BCUT2D eigenvalue weighted by molar-refractivity contribution is 7.13.